The quantitative estimate of drug-likeness (QED) is 0.178. The van der Waals surface area contributed by atoms with Crippen molar-refractivity contribution in [2.75, 3.05) is 5.32 Å². The highest BCUT2D eigenvalue weighted by Gasteiger charge is 2.13. The summed E-state index contributed by atoms with van der Waals surface area (Å²) in [4.78, 5) is 35.9. The van der Waals surface area contributed by atoms with Gasteiger partial charge < -0.3 is 10.1 Å². The lowest BCUT2D eigenvalue weighted by molar-refractivity contribution is -0.136. The van der Waals surface area contributed by atoms with E-state index >= 15 is 0 Å². The summed E-state index contributed by atoms with van der Waals surface area (Å²) in [6.45, 7) is 0. The fourth-order valence-corrected chi connectivity index (χ4v) is 2.92. The summed E-state index contributed by atoms with van der Waals surface area (Å²) in [7, 11) is 0. The summed E-state index contributed by atoms with van der Waals surface area (Å²) >= 11 is 9.08. The zero-order valence-corrected chi connectivity index (χ0v) is 18.2. The second-order valence-corrected chi connectivity index (χ2v) is 7.39. The Bertz CT molecular complexity index is 1130. The zero-order chi connectivity index (χ0) is 22.2. The summed E-state index contributed by atoms with van der Waals surface area (Å²) < 4.78 is 5.97. The van der Waals surface area contributed by atoms with Crippen molar-refractivity contribution in [3.63, 3.8) is 0 Å². The van der Waals surface area contributed by atoms with Crippen LogP contribution in [0.15, 0.2) is 82.4 Å². The largest absolute Gasteiger partial charge is 0.423 e. The molecule has 0 aliphatic rings. The molecule has 9 heteroatoms. The maximum absolute atomic E-state index is 12.2. The highest BCUT2D eigenvalue weighted by molar-refractivity contribution is 9.10. The average Bonchev–Trinajstić information content (AvgIpc) is 2.76. The summed E-state index contributed by atoms with van der Waals surface area (Å²) in [5.74, 6) is -1.93. The first-order chi connectivity index (χ1) is 14.9. The van der Waals surface area contributed by atoms with Gasteiger partial charge in [0.25, 0.3) is 0 Å². The summed E-state index contributed by atoms with van der Waals surface area (Å²) in [5, 5.41) is 6.69. The molecule has 3 rings (SSSR count). The van der Waals surface area contributed by atoms with Gasteiger partial charge in [-0.2, -0.15) is 5.10 Å². The van der Waals surface area contributed by atoms with Crippen molar-refractivity contribution >= 4 is 57.2 Å². The van der Waals surface area contributed by atoms with Crippen LogP contribution in [0.4, 0.5) is 5.69 Å². The van der Waals surface area contributed by atoms with Gasteiger partial charge >= 0.3 is 17.8 Å². The smallest absolute Gasteiger partial charge is 0.344 e. The van der Waals surface area contributed by atoms with Gasteiger partial charge in [0.2, 0.25) is 0 Å². The molecule has 156 valence electrons. The van der Waals surface area contributed by atoms with Crippen molar-refractivity contribution in [3.05, 3.63) is 93.4 Å². The van der Waals surface area contributed by atoms with E-state index < -0.39 is 17.8 Å². The van der Waals surface area contributed by atoms with Crippen molar-refractivity contribution in [3.8, 4) is 5.75 Å². The van der Waals surface area contributed by atoms with Crippen molar-refractivity contribution in [1.82, 2.24) is 5.43 Å². The number of hydrogen-bond donors (Lipinski definition) is 2. The number of hydrogen-bond acceptors (Lipinski definition) is 5. The molecule has 0 aromatic heterocycles. The van der Waals surface area contributed by atoms with E-state index in [1.54, 1.807) is 72.8 Å². The normalized spacial score (nSPS) is 10.5. The molecule has 0 aliphatic carbocycles. The van der Waals surface area contributed by atoms with Crippen molar-refractivity contribution in [2.45, 2.75) is 0 Å². The van der Waals surface area contributed by atoms with E-state index in [1.807, 2.05) is 0 Å². The second kappa shape index (κ2) is 10.5. The molecule has 0 aliphatic heterocycles. The highest BCUT2D eigenvalue weighted by atomic mass is 79.9. The standard InChI is InChI=1S/C22H15BrClN3O4/c23-19-4-2-1-3-18(19)22(30)31-17-11-5-14(6-12-17)13-25-27-21(29)20(28)26-16-9-7-15(24)8-10-16/h1-13H,(H,26,28)(H,27,29). The molecule has 2 amide bonds. The van der Waals surface area contributed by atoms with E-state index in [2.05, 4.69) is 31.8 Å². The van der Waals surface area contributed by atoms with E-state index in [-0.39, 0.29) is 0 Å². The van der Waals surface area contributed by atoms with Crippen molar-refractivity contribution in [2.24, 2.45) is 5.10 Å². The summed E-state index contributed by atoms with van der Waals surface area (Å²) in [6.07, 6.45) is 1.35. The predicted octanol–water partition coefficient (Wildman–Crippen LogP) is 4.41. The molecule has 0 spiro atoms. The van der Waals surface area contributed by atoms with Crippen LogP contribution in [-0.4, -0.2) is 24.0 Å². The molecule has 0 unspecified atom stereocenters. The van der Waals surface area contributed by atoms with Crippen molar-refractivity contribution < 1.29 is 19.1 Å². The Balaban J connectivity index is 1.51. The summed E-state index contributed by atoms with van der Waals surface area (Å²) in [6, 6.07) is 19.7. The van der Waals surface area contributed by atoms with Gasteiger partial charge in [0.05, 0.1) is 11.8 Å². The van der Waals surface area contributed by atoms with Crippen LogP contribution in [0.2, 0.25) is 5.02 Å². The van der Waals surface area contributed by atoms with E-state index in [4.69, 9.17) is 16.3 Å². The van der Waals surface area contributed by atoms with Crippen LogP contribution in [0.25, 0.3) is 0 Å². The van der Waals surface area contributed by atoms with Crippen LogP contribution in [0.3, 0.4) is 0 Å². The molecule has 0 atom stereocenters. The van der Waals surface area contributed by atoms with Gasteiger partial charge in [-0.15, -0.1) is 0 Å². The van der Waals surface area contributed by atoms with Gasteiger partial charge in [-0.1, -0.05) is 23.7 Å². The van der Waals surface area contributed by atoms with E-state index in [0.717, 1.165) is 0 Å². The maximum Gasteiger partial charge on any atom is 0.344 e. The predicted molar refractivity (Wildman–Crippen MR) is 121 cm³/mol. The van der Waals surface area contributed by atoms with Gasteiger partial charge in [0.1, 0.15) is 5.75 Å². The molecule has 0 fully saturated rings. The number of carbonyl (C=O) groups is 3. The first-order valence-electron chi connectivity index (χ1n) is 8.89. The van der Waals surface area contributed by atoms with E-state index in [9.17, 15) is 14.4 Å². The monoisotopic (exact) mass is 499 g/mol. The van der Waals surface area contributed by atoms with E-state index in [1.165, 1.54) is 6.21 Å². The van der Waals surface area contributed by atoms with E-state index in [0.29, 0.717) is 32.1 Å². The highest BCUT2D eigenvalue weighted by Crippen LogP contribution is 2.19. The lowest BCUT2D eigenvalue weighted by atomic mass is 10.2. The zero-order valence-electron chi connectivity index (χ0n) is 15.8. The second-order valence-electron chi connectivity index (χ2n) is 6.10. The number of benzene rings is 3. The lowest BCUT2D eigenvalue weighted by Crippen LogP contribution is -2.32. The first-order valence-corrected chi connectivity index (χ1v) is 10.1. The van der Waals surface area contributed by atoms with Gasteiger partial charge in [-0.05, 0) is 82.2 Å². The molecule has 31 heavy (non-hydrogen) atoms. The molecule has 7 nitrogen and oxygen atoms in total. The fraction of sp³-hybridized carbons (Fsp3) is 0. The van der Waals surface area contributed by atoms with Crippen LogP contribution < -0.4 is 15.5 Å². The molecule has 0 saturated heterocycles. The third-order valence-electron chi connectivity index (χ3n) is 3.87. The number of anilines is 1. The molecular weight excluding hydrogens is 486 g/mol. The number of nitrogens with one attached hydrogen (secondary N) is 2. The molecule has 3 aromatic carbocycles. The topological polar surface area (TPSA) is 96.9 Å². The Morgan fingerprint density at radius 1 is 0.903 bits per heavy atom. The number of rotatable bonds is 5. The molecular formula is C22H15BrClN3O4. The Morgan fingerprint density at radius 2 is 1.58 bits per heavy atom. The lowest BCUT2D eigenvalue weighted by Gasteiger charge is -2.06. The molecule has 0 heterocycles. The fourth-order valence-electron chi connectivity index (χ4n) is 2.35. The van der Waals surface area contributed by atoms with Crippen LogP contribution in [0.5, 0.6) is 5.75 Å². The van der Waals surface area contributed by atoms with Gasteiger partial charge in [0, 0.05) is 15.2 Å². The van der Waals surface area contributed by atoms with Gasteiger partial charge in [-0.25, -0.2) is 10.2 Å². The van der Waals surface area contributed by atoms with Crippen molar-refractivity contribution in [1.29, 1.82) is 0 Å². The first kappa shape index (κ1) is 22.2. The molecule has 0 saturated carbocycles. The molecule has 2 N–H and O–H groups in total. The molecule has 3 aromatic rings. The Morgan fingerprint density at radius 3 is 2.26 bits per heavy atom. The van der Waals surface area contributed by atoms with Crippen LogP contribution in [0.1, 0.15) is 15.9 Å². The number of carbonyl (C=O) groups excluding carboxylic acids is 3. The van der Waals surface area contributed by atoms with Crippen LogP contribution in [0, 0.1) is 0 Å². The Kier molecular flexibility index (Phi) is 7.53. The minimum Gasteiger partial charge on any atom is -0.423 e. The third-order valence-corrected chi connectivity index (χ3v) is 4.82. The number of halogens is 2. The Labute approximate surface area is 191 Å². The maximum atomic E-state index is 12.2. The van der Waals surface area contributed by atoms with Crippen LogP contribution >= 0.6 is 27.5 Å². The number of hydrazone groups is 1. The number of ether oxygens (including phenoxy) is 1. The molecule has 0 radical (unpaired) electrons. The number of esters is 1. The number of amides is 2. The summed E-state index contributed by atoms with van der Waals surface area (Å²) in [5.41, 5.74) is 3.60. The van der Waals surface area contributed by atoms with Gasteiger partial charge in [-0.3, -0.25) is 9.59 Å². The average molecular weight is 501 g/mol. The van der Waals surface area contributed by atoms with Gasteiger partial charge in [0.15, 0.2) is 0 Å². The Hall–Kier alpha value is -3.49. The minimum absolute atomic E-state index is 0.351. The number of nitrogens with zero attached hydrogens (tertiary/aromatic N) is 1. The minimum atomic E-state index is -0.926. The third kappa shape index (κ3) is 6.50. The molecule has 0 bridgehead atoms. The SMILES string of the molecule is O=C(NN=Cc1ccc(OC(=O)c2ccccc2Br)cc1)C(=O)Nc1ccc(Cl)cc1. The van der Waals surface area contributed by atoms with Crippen LogP contribution in [-0.2, 0) is 9.59 Å².